The zero-order valence-electron chi connectivity index (χ0n) is 15.2. The topological polar surface area (TPSA) is 101 Å². The second kappa shape index (κ2) is 8.32. The molecule has 0 aliphatic heterocycles. The lowest BCUT2D eigenvalue weighted by Crippen LogP contribution is -2.22. The smallest absolute Gasteiger partial charge is 0.265 e. The fraction of sp³-hybridized carbons (Fsp3) is 0.100. The molecule has 2 heterocycles. The third-order valence-electron chi connectivity index (χ3n) is 4.41. The van der Waals surface area contributed by atoms with Crippen LogP contribution >= 0.6 is 34.9 Å². The van der Waals surface area contributed by atoms with Crippen molar-refractivity contribution in [3.63, 3.8) is 0 Å². The predicted molar refractivity (Wildman–Crippen MR) is 115 cm³/mol. The van der Waals surface area contributed by atoms with E-state index < -0.39 is 11.3 Å². The van der Waals surface area contributed by atoms with Crippen molar-refractivity contribution in [2.24, 2.45) is 0 Å². The number of rotatable bonds is 5. The van der Waals surface area contributed by atoms with Gasteiger partial charge in [0.15, 0.2) is 16.9 Å². The summed E-state index contributed by atoms with van der Waals surface area (Å²) in [5.41, 5.74) is 0.422. The first-order valence-corrected chi connectivity index (χ1v) is 10.1. The van der Waals surface area contributed by atoms with Crippen LogP contribution < -0.4 is 10.3 Å². The summed E-state index contributed by atoms with van der Waals surface area (Å²) in [6, 6.07) is 14.3. The van der Waals surface area contributed by atoms with E-state index in [1.807, 2.05) is 36.4 Å². The first-order valence-electron chi connectivity index (χ1n) is 8.63. The largest absolute Gasteiger partial charge is 0.505 e. The van der Waals surface area contributed by atoms with Crippen LogP contribution in [0.1, 0.15) is 5.56 Å². The second-order valence-corrected chi connectivity index (χ2v) is 7.56. The van der Waals surface area contributed by atoms with E-state index in [2.05, 4.69) is 8.75 Å². The molecule has 10 heteroatoms. The van der Waals surface area contributed by atoms with Crippen LogP contribution in [0.2, 0.25) is 10.0 Å². The molecule has 0 saturated heterocycles. The van der Waals surface area contributed by atoms with Crippen molar-refractivity contribution in [2.45, 2.75) is 13.2 Å². The van der Waals surface area contributed by atoms with Gasteiger partial charge in [-0.3, -0.25) is 9.36 Å². The summed E-state index contributed by atoms with van der Waals surface area (Å²) < 4.78 is 15.1. The van der Waals surface area contributed by atoms with E-state index in [4.69, 9.17) is 33.2 Å². The lowest BCUT2D eigenvalue weighted by Gasteiger charge is -2.16. The molecule has 0 aliphatic carbocycles. The average molecular weight is 459 g/mol. The maximum atomic E-state index is 13.2. The summed E-state index contributed by atoms with van der Waals surface area (Å²) >= 11 is 13.6. The summed E-state index contributed by atoms with van der Waals surface area (Å²) in [6.07, 6.45) is 0. The maximum absolute atomic E-state index is 13.2. The molecule has 4 rings (SSSR count). The van der Waals surface area contributed by atoms with Gasteiger partial charge >= 0.3 is 0 Å². The van der Waals surface area contributed by atoms with Crippen molar-refractivity contribution in [3.05, 3.63) is 68.4 Å². The van der Waals surface area contributed by atoms with E-state index in [0.29, 0.717) is 0 Å². The molecule has 2 aromatic heterocycles. The van der Waals surface area contributed by atoms with Crippen LogP contribution in [0.3, 0.4) is 0 Å². The number of nitriles is 1. The number of aromatic nitrogens is 3. The molecule has 7 nitrogen and oxygen atoms in total. The minimum absolute atomic E-state index is 0.0925. The van der Waals surface area contributed by atoms with Gasteiger partial charge in [-0.25, -0.2) is 0 Å². The van der Waals surface area contributed by atoms with Crippen molar-refractivity contribution in [3.8, 4) is 28.7 Å². The minimum atomic E-state index is -0.650. The van der Waals surface area contributed by atoms with Gasteiger partial charge in [-0.1, -0.05) is 53.5 Å². The van der Waals surface area contributed by atoms with Crippen molar-refractivity contribution >= 4 is 46.1 Å². The zero-order chi connectivity index (χ0) is 21.3. The Morgan fingerprint density at radius 2 is 1.83 bits per heavy atom. The summed E-state index contributed by atoms with van der Waals surface area (Å²) in [7, 11) is 0. The highest BCUT2D eigenvalue weighted by molar-refractivity contribution is 7.00. The zero-order valence-corrected chi connectivity index (χ0v) is 17.5. The van der Waals surface area contributed by atoms with Crippen molar-refractivity contribution in [1.82, 2.24) is 13.3 Å². The Balaban J connectivity index is 1.95. The van der Waals surface area contributed by atoms with Gasteiger partial charge < -0.3 is 9.84 Å². The number of benzene rings is 2. The number of hydrogen-bond acceptors (Lipinski definition) is 7. The lowest BCUT2D eigenvalue weighted by molar-refractivity contribution is 0.307. The number of hydrogen-bond donors (Lipinski definition) is 1. The Labute approximate surface area is 184 Å². The van der Waals surface area contributed by atoms with Crippen LogP contribution in [0.15, 0.2) is 47.3 Å². The molecule has 0 aliphatic rings. The van der Waals surface area contributed by atoms with Gasteiger partial charge in [0.1, 0.15) is 18.9 Å². The van der Waals surface area contributed by atoms with E-state index in [-0.39, 0.29) is 51.2 Å². The van der Waals surface area contributed by atoms with Crippen LogP contribution in [0.5, 0.6) is 11.5 Å². The molecular formula is C20H12Cl2N4O3S. The van der Waals surface area contributed by atoms with Gasteiger partial charge in [-0.05, 0) is 17.7 Å². The molecule has 30 heavy (non-hydrogen) atoms. The third-order valence-corrected chi connectivity index (χ3v) is 5.54. The fourth-order valence-corrected chi connectivity index (χ4v) is 4.05. The SMILES string of the molecule is N#CCn1c(=O)c(-c2c(Cl)ccc(Cl)c2OCc2ccccc2)c(O)c2nsnc21. The number of halogens is 2. The first-order chi connectivity index (χ1) is 14.5. The molecule has 2 aromatic carbocycles. The summed E-state index contributed by atoms with van der Waals surface area (Å²) in [4.78, 5) is 13.2. The number of pyridine rings is 1. The van der Waals surface area contributed by atoms with Crippen LogP contribution in [0.25, 0.3) is 22.3 Å². The Morgan fingerprint density at radius 1 is 1.10 bits per heavy atom. The Kier molecular flexibility index (Phi) is 5.59. The molecule has 1 N–H and O–H groups in total. The maximum Gasteiger partial charge on any atom is 0.265 e. The third kappa shape index (κ3) is 3.48. The molecule has 0 fully saturated rings. The van der Waals surface area contributed by atoms with E-state index in [9.17, 15) is 9.90 Å². The highest BCUT2D eigenvalue weighted by atomic mass is 35.5. The van der Waals surface area contributed by atoms with Crippen molar-refractivity contribution in [1.29, 1.82) is 5.26 Å². The number of nitrogens with zero attached hydrogens (tertiary/aromatic N) is 4. The summed E-state index contributed by atoms with van der Waals surface area (Å²) in [6.45, 7) is -0.103. The Morgan fingerprint density at radius 3 is 2.57 bits per heavy atom. The predicted octanol–water partition coefficient (Wildman–Crippen LogP) is 4.63. The summed E-state index contributed by atoms with van der Waals surface area (Å²) in [5, 5.41) is 20.4. The quantitative estimate of drug-likeness (QED) is 0.467. The van der Waals surface area contributed by atoms with E-state index >= 15 is 0 Å². The lowest BCUT2D eigenvalue weighted by atomic mass is 10.0. The van der Waals surface area contributed by atoms with E-state index in [1.54, 1.807) is 6.07 Å². The highest BCUT2D eigenvalue weighted by Crippen LogP contribution is 2.44. The molecule has 0 amide bonds. The van der Waals surface area contributed by atoms with Crippen molar-refractivity contribution < 1.29 is 9.84 Å². The van der Waals surface area contributed by atoms with Crippen molar-refractivity contribution in [2.75, 3.05) is 0 Å². The average Bonchev–Trinajstić information content (AvgIpc) is 3.24. The fourth-order valence-electron chi connectivity index (χ4n) is 3.04. The molecule has 4 aromatic rings. The van der Waals surface area contributed by atoms with Crippen LogP contribution in [-0.4, -0.2) is 18.4 Å². The molecule has 150 valence electrons. The van der Waals surface area contributed by atoms with E-state index in [1.165, 1.54) is 6.07 Å². The molecule has 0 bridgehead atoms. The molecule has 0 spiro atoms. The monoisotopic (exact) mass is 458 g/mol. The normalized spacial score (nSPS) is 10.8. The number of aromatic hydroxyl groups is 1. The molecule has 0 radical (unpaired) electrons. The summed E-state index contributed by atoms with van der Waals surface area (Å²) in [5.74, 6) is -0.252. The van der Waals surface area contributed by atoms with Gasteiger partial charge in [-0.2, -0.15) is 14.0 Å². The first kappa shape index (κ1) is 20.2. The van der Waals surface area contributed by atoms with Crippen LogP contribution in [-0.2, 0) is 13.2 Å². The Bertz CT molecular complexity index is 1350. The Hall–Kier alpha value is -3.12. The van der Waals surface area contributed by atoms with Gasteiger partial charge in [0, 0.05) is 0 Å². The standard InChI is InChI=1S/C20H12Cl2N4O3S/c21-12-6-7-13(22)18(29-10-11-4-2-1-3-5-11)14(12)15-17(27)16-19(25-30-24-16)26(9-8-23)20(15)28/h1-7,27H,9-10H2. The molecule has 0 atom stereocenters. The molecule has 0 unspecified atom stereocenters. The number of fused-ring (bicyclic) bond motifs is 1. The highest BCUT2D eigenvalue weighted by Gasteiger charge is 2.26. The number of ether oxygens (including phenoxy) is 1. The molecular weight excluding hydrogens is 447 g/mol. The van der Waals surface area contributed by atoms with Gasteiger partial charge in [0.25, 0.3) is 5.56 Å². The van der Waals surface area contributed by atoms with Gasteiger partial charge in [0.05, 0.1) is 39.0 Å². The van der Waals surface area contributed by atoms with E-state index in [0.717, 1.165) is 21.9 Å². The van der Waals surface area contributed by atoms with Crippen LogP contribution in [0.4, 0.5) is 0 Å². The van der Waals surface area contributed by atoms with Gasteiger partial charge in [-0.15, -0.1) is 0 Å². The van der Waals surface area contributed by atoms with Crippen LogP contribution in [0, 0.1) is 11.3 Å². The minimum Gasteiger partial charge on any atom is -0.505 e. The molecule has 0 saturated carbocycles. The second-order valence-electron chi connectivity index (χ2n) is 6.22. The van der Waals surface area contributed by atoms with Gasteiger partial charge in [0.2, 0.25) is 0 Å².